The highest BCUT2D eigenvalue weighted by Crippen LogP contribution is 2.11. The first-order valence-corrected chi connectivity index (χ1v) is 20.6. The van der Waals surface area contributed by atoms with Gasteiger partial charge in [-0.2, -0.15) is 0 Å². The summed E-state index contributed by atoms with van der Waals surface area (Å²) in [7, 11) is 5.36. The number of ether oxygens (including phenoxy) is 3. The minimum atomic E-state index is -1.14. The van der Waals surface area contributed by atoms with E-state index in [9.17, 15) is 19.5 Å². The Bertz CT molecular complexity index is 1160. The van der Waals surface area contributed by atoms with Gasteiger partial charge in [-0.3, -0.25) is 9.59 Å². The number of hydrogen-bond donors (Lipinski definition) is 0. The van der Waals surface area contributed by atoms with E-state index in [1.807, 2.05) is 0 Å². The summed E-state index contributed by atoms with van der Waals surface area (Å²) in [5, 5.41) is 11.6. The zero-order valence-electron chi connectivity index (χ0n) is 34.6. The molecule has 8 nitrogen and oxygen atoms in total. The molecule has 0 amide bonds. The van der Waals surface area contributed by atoms with Crippen LogP contribution in [0.1, 0.15) is 136 Å². The predicted molar refractivity (Wildman–Crippen MR) is 222 cm³/mol. The number of esters is 2. The Morgan fingerprint density at radius 3 is 1.52 bits per heavy atom. The van der Waals surface area contributed by atoms with E-state index in [1.165, 1.54) is 25.7 Å². The molecule has 0 aliphatic heterocycles. The molecule has 0 aromatic rings. The van der Waals surface area contributed by atoms with Crippen LogP contribution in [0.15, 0.2) is 85.1 Å². The first-order valence-electron chi connectivity index (χ1n) is 20.6. The summed E-state index contributed by atoms with van der Waals surface area (Å²) in [6.07, 6.45) is 46.3. The van der Waals surface area contributed by atoms with Crippen molar-refractivity contribution in [2.45, 2.75) is 148 Å². The fraction of sp³-hybridized carbons (Fsp3) is 0.630. The fourth-order valence-electron chi connectivity index (χ4n) is 5.35. The van der Waals surface area contributed by atoms with Gasteiger partial charge in [0, 0.05) is 19.3 Å². The molecule has 0 aliphatic carbocycles. The van der Waals surface area contributed by atoms with E-state index in [2.05, 4.69) is 98.9 Å². The molecule has 0 aromatic carbocycles. The Hall–Kier alpha value is -3.49. The standard InChI is InChI=1S/C46H75NO7/c1-6-8-10-12-14-15-16-17-18-19-20-21-22-23-24-25-26-27-28-29-31-33-35-37-45(49)54-42(40-52-39-38-43(46(50)51)47(3,4)5)41-53-44(48)36-34-32-30-13-11-9-7-2/h8,10,14-15,17-18,20-21,23-24,26-27,29,31,42-43H,6-7,9,11-13,16,19,22,25,28,30,32-41H2,1-5H3/b10-8+,15-14+,18-17+,21-20+,24-23+,27-26+,31-29+. The molecular formula is C46H75NO7. The summed E-state index contributed by atoms with van der Waals surface area (Å²) in [5.74, 6) is -1.83. The van der Waals surface area contributed by atoms with Crippen LogP contribution in [-0.2, 0) is 28.6 Å². The fourth-order valence-corrected chi connectivity index (χ4v) is 5.35. The van der Waals surface area contributed by atoms with Gasteiger partial charge in [0.05, 0.1) is 40.3 Å². The lowest BCUT2D eigenvalue weighted by Gasteiger charge is -2.34. The van der Waals surface area contributed by atoms with Gasteiger partial charge in [-0.15, -0.1) is 0 Å². The van der Waals surface area contributed by atoms with Crippen molar-refractivity contribution in [3.8, 4) is 0 Å². The molecule has 0 fully saturated rings. The number of quaternary nitrogens is 1. The lowest BCUT2D eigenvalue weighted by Crippen LogP contribution is -2.55. The first kappa shape index (κ1) is 50.5. The Balaban J connectivity index is 4.41. The van der Waals surface area contributed by atoms with E-state index in [1.54, 1.807) is 21.1 Å². The van der Waals surface area contributed by atoms with Crippen LogP contribution >= 0.6 is 0 Å². The first-order chi connectivity index (χ1) is 26.1. The maximum Gasteiger partial charge on any atom is 0.306 e. The van der Waals surface area contributed by atoms with Crippen molar-refractivity contribution >= 4 is 17.9 Å². The Labute approximate surface area is 329 Å². The van der Waals surface area contributed by atoms with Gasteiger partial charge in [0.1, 0.15) is 12.6 Å². The Morgan fingerprint density at radius 1 is 0.574 bits per heavy atom. The van der Waals surface area contributed by atoms with Gasteiger partial charge in [0.15, 0.2) is 6.10 Å². The van der Waals surface area contributed by atoms with E-state index in [0.29, 0.717) is 12.8 Å². The van der Waals surface area contributed by atoms with Crippen molar-refractivity contribution in [1.82, 2.24) is 0 Å². The predicted octanol–water partition coefficient (Wildman–Crippen LogP) is 9.63. The zero-order chi connectivity index (χ0) is 40.0. The second kappa shape index (κ2) is 36.5. The van der Waals surface area contributed by atoms with Crippen LogP contribution in [0.25, 0.3) is 0 Å². The molecule has 8 heteroatoms. The van der Waals surface area contributed by atoms with E-state index < -0.39 is 18.1 Å². The SMILES string of the molecule is CC/C=C/C/C=C/C/C=C/C/C=C/C/C=C/C/C=C/C/C=C/CCCC(=O)OC(COCCC(C(=O)[O-])[N+](C)(C)C)COC(=O)CCCCCCCCC. The van der Waals surface area contributed by atoms with E-state index >= 15 is 0 Å². The quantitative estimate of drug-likeness (QED) is 0.0275. The van der Waals surface area contributed by atoms with Crippen LogP contribution in [0.2, 0.25) is 0 Å². The smallest absolute Gasteiger partial charge is 0.306 e. The van der Waals surface area contributed by atoms with Crippen LogP contribution in [-0.4, -0.2) is 75.5 Å². The molecule has 0 rings (SSSR count). The van der Waals surface area contributed by atoms with Gasteiger partial charge in [-0.1, -0.05) is 137 Å². The monoisotopic (exact) mass is 754 g/mol. The van der Waals surface area contributed by atoms with Crippen molar-refractivity contribution in [3.63, 3.8) is 0 Å². The highest BCUT2D eigenvalue weighted by Gasteiger charge is 2.25. The summed E-state index contributed by atoms with van der Waals surface area (Å²) in [6.45, 7) is 4.41. The van der Waals surface area contributed by atoms with Crippen LogP contribution in [0.5, 0.6) is 0 Å². The molecule has 0 spiro atoms. The summed E-state index contributed by atoms with van der Waals surface area (Å²) in [6, 6.07) is -0.738. The number of carbonyl (C=O) groups is 3. The highest BCUT2D eigenvalue weighted by atomic mass is 16.6. The van der Waals surface area contributed by atoms with Crippen molar-refractivity contribution in [2.75, 3.05) is 41.0 Å². The molecule has 0 radical (unpaired) electrons. The molecular weight excluding hydrogens is 679 g/mol. The normalized spacial score (nSPS) is 13.9. The molecule has 0 aliphatic rings. The second-order valence-corrected chi connectivity index (χ2v) is 14.5. The van der Waals surface area contributed by atoms with Gasteiger partial charge >= 0.3 is 11.9 Å². The molecule has 2 unspecified atom stereocenters. The molecule has 0 aromatic heterocycles. The molecule has 54 heavy (non-hydrogen) atoms. The molecule has 306 valence electrons. The summed E-state index contributed by atoms with van der Waals surface area (Å²) < 4.78 is 17.0. The van der Waals surface area contributed by atoms with Crippen molar-refractivity contribution < 1.29 is 38.2 Å². The van der Waals surface area contributed by atoms with Crippen molar-refractivity contribution in [2.24, 2.45) is 0 Å². The van der Waals surface area contributed by atoms with Gasteiger partial charge in [0.25, 0.3) is 0 Å². The van der Waals surface area contributed by atoms with Crippen LogP contribution in [0.3, 0.4) is 0 Å². The number of nitrogens with zero attached hydrogens (tertiary/aromatic N) is 1. The van der Waals surface area contributed by atoms with Crippen LogP contribution in [0, 0.1) is 0 Å². The Morgan fingerprint density at radius 2 is 1.04 bits per heavy atom. The van der Waals surface area contributed by atoms with E-state index in [-0.39, 0.29) is 49.1 Å². The molecule has 0 saturated heterocycles. The number of likely N-dealkylation sites (N-methyl/N-ethyl adjacent to an activating group) is 1. The molecule has 0 bridgehead atoms. The number of carbonyl (C=O) groups excluding carboxylic acids is 3. The topological polar surface area (TPSA) is 102 Å². The van der Waals surface area contributed by atoms with Crippen LogP contribution in [0.4, 0.5) is 0 Å². The minimum absolute atomic E-state index is 0.0131. The van der Waals surface area contributed by atoms with E-state index in [0.717, 1.165) is 70.6 Å². The number of carboxylic acid groups (broad SMARTS) is 1. The second-order valence-electron chi connectivity index (χ2n) is 14.5. The third-order valence-electron chi connectivity index (χ3n) is 8.55. The summed E-state index contributed by atoms with van der Waals surface area (Å²) in [5.41, 5.74) is 0. The van der Waals surface area contributed by atoms with Gasteiger partial charge in [-0.25, -0.2) is 0 Å². The summed E-state index contributed by atoms with van der Waals surface area (Å²) in [4.78, 5) is 36.6. The maximum atomic E-state index is 12.6. The third kappa shape index (κ3) is 34.3. The highest BCUT2D eigenvalue weighted by molar-refractivity contribution is 5.70. The number of aliphatic carboxylic acids is 1. The third-order valence-corrected chi connectivity index (χ3v) is 8.55. The number of carboxylic acids is 1. The number of rotatable bonds is 35. The van der Waals surface area contributed by atoms with Gasteiger partial charge < -0.3 is 28.6 Å². The zero-order valence-corrected chi connectivity index (χ0v) is 34.6. The maximum absolute atomic E-state index is 12.6. The van der Waals surface area contributed by atoms with Crippen molar-refractivity contribution in [3.05, 3.63) is 85.1 Å². The number of allylic oxidation sites excluding steroid dienone is 14. The van der Waals surface area contributed by atoms with E-state index in [4.69, 9.17) is 14.2 Å². The summed E-state index contributed by atoms with van der Waals surface area (Å²) >= 11 is 0. The molecule has 0 saturated carbocycles. The minimum Gasteiger partial charge on any atom is -0.544 e. The lowest BCUT2D eigenvalue weighted by molar-refractivity contribution is -0.889. The average Bonchev–Trinajstić information content (AvgIpc) is 3.12. The van der Waals surface area contributed by atoms with Gasteiger partial charge in [-0.05, 0) is 64.2 Å². The van der Waals surface area contributed by atoms with Crippen LogP contribution < -0.4 is 5.11 Å². The van der Waals surface area contributed by atoms with Crippen molar-refractivity contribution in [1.29, 1.82) is 0 Å². The molecule has 2 atom stereocenters. The van der Waals surface area contributed by atoms with Gasteiger partial charge in [0.2, 0.25) is 0 Å². The molecule has 0 N–H and O–H groups in total. The average molecular weight is 754 g/mol. The molecule has 0 heterocycles. The number of unbranched alkanes of at least 4 members (excludes halogenated alkanes) is 7. The largest absolute Gasteiger partial charge is 0.544 e. The number of hydrogen-bond acceptors (Lipinski definition) is 7. The Kier molecular flexibility index (Phi) is 34.1. The lowest BCUT2D eigenvalue weighted by atomic mass is 10.1.